The lowest BCUT2D eigenvalue weighted by atomic mass is 9.87. The molecule has 4 heteroatoms. The molecule has 0 aliphatic carbocycles. The number of likely N-dealkylation sites (N-methyl/N-ethyl adjacent to an activating group) is 1. The van der Waals surface area contributed by atoms with Crippen molar-refractivity contribution in [2.24, 2.45) is 0 Å². The van der Waals surface area contributed by atoms with E-state index in [9.17, 15) is 0 Å². The van der Waals surface area contributed by atoms with Gasteiger partial charge in [-0.15, -0.1) is 0 Å². The van der Waals surface area contributed by atoms with E-state index in [1.165, 1.54) is 11.1 Å². The van der Waals surface area contributed by atoms with Gasteiger partial charge in [0.05, 0.1) is 6.61 Å². The Hall–Kier alpha value is -0.450. The summed E-state index contributed by atoms with van der Waals surface area (Å²) in [6, 6.07) is 2.09. The summed E-state index contributed by atoms with van der Waals surface area (Å²) < 4.78 is 6.77. The Kier molecular flexibility index (Phi) is 1.75. The maximum atomic E-state index is 5.87. The number of ether oxygens (including phenoxy) is 1. The topological polar surface area (TPSA) is 25.4 Å². The van der Waals surface area contributed by atoms with Crippen molar-refractivity contribution in [1.29, 1.82) is 0 Å². The highest BCUT2D eigenvalue weighted by Gasteiger charge is 2.48. The lowest BCUT2D eigenvalue weighted by Crippen LogP contribution is -2.57. The van der Waals surface area contributed by atoms with Crippen molar-refractivity contribution in [3.8, 4) is 0 Å². The lowest BCUT2D eigenvalue weighted by Gasteiger charge is -2.45. The van der Waals surface area contributed by atoms with E-state index in [-0.39, 0.29) is 5.60 Å². The molecular formula is C10H11BrN2O. The second-order valence-corrected chi connectivity index (χ2v) is 4.93. The van der Waals surface area contributed by atoms with Crippen LogP contribution in [0.5, 0.6) is 0 Å². The first-order valence-corrected chi connectivity index (χ1v) is 5.46. The smallest absolute Gasteiger partial charge is 0.119 e. The third-order valence-corrected chi connectivity index (χ3v) is 3.43. The van der Waals surface area contributed by atoms with E-state index in [0.29, 0.717) is 6.61 Å². The van der Waals surface area contributed by atoms with Gasteiger partial charge in [-0.2, -0.15) is 0 Å². The van der Waals surface area contributed by atoms with Crippen molar-refractivity contribution < 1.29 is 4.74 Å². The zero-order valence-corrected chi connectivity index (χ0v) is 9.54. The Morgan fingerprint density at radius 1 is 1.57 bits per heavy atom. The molecule has 1 aromatic rings. The third kappa shape index (κ3) is 1.08. The average Bonchev–Trinajstić information content (AvgIpc) is 2.44. The Morgan fingerprint density at radius 2 is 2.36 bits per heavy atom. The minimum Gasteiger partial charge on any atom is -0.363 e. The summed E-state index contributed by atoms with van der Waals surface area (Å²) in [5.41, 5.74) is 2.52. The molecule has 2 aliphatic heterocycles. The van der Waals surface area contributed by atoms with Gasteiger partial charge < -0.3 is 4.74 Å². The average molecular weight is 255 g/mol. The Bertz CT molecular complexity index is 382. The van der Waals surface area contributed by atoms with Crippen molar-refractivity contribution in [2.75, 3.05) is 20.1 Å². The van der Waals surface area contributed by atoms with Crippen LogP contribution < -0.4 is 0 Å². The third-order valence-electron chi connectivity index (χ3n) is 3.00. The molecule has 0 amide bonds. The van der Waals surface area contributed by atoms with Crippen LogP contribution in [0.3, 0.4) is 0 Å². The monoisotopic (exact) mass is 254 g/mol. The Balaban J connectivity index is 2.05. The fourth-order valence-corrected chi connectivity index (χ4v) is 2.71. The van der Waals surface area contributed by atoms with Gasteiger partial charge in [0.2, 0.25) is 0 Å². The molecule has 0 N–H and O–H groups in total. The molecular weight excluding hydrogens is 244 g/mol. The van der Waals surface area contributed by atoms with Gasteiger partial charge in [0, 0.05) is 24.8 Å². The van der Waals surface area contributed by atoms with Crippen LogP contribution in [-0.4, -0.2) is 30.0 Å². The molecule has 1 fully saturated rings. The number of rotatable bonds is 0. The second-order valence-electron chi connectivity index (χ2n) is 4.12. The maximum absolute atomic E-state index is 5.87. The first kappa shape index (κ1) is 8.83. The van der Waals surface area contributed by atoms with Crippen molar-refractivity contribution in [1.82, 2.24) is 9.88 Å². The molecule has 74 valence electrons. The summed E-state index contributed by atoms with van der Waals surface area (Å²) in [4.78, 5) is 6.48. The van der Waals surface area contributed by atoms with Gasteiger partial charge in [0.1, 0.15) is 10.2 Å². The van der Waals surface area contributed by atoms with Gasteiger partial charge in [-0.25, -0.2) is 4.98 Å². The minimum absolute atomic E-state index is 0.0322. The molecule has 3 nitrogen and oxygen atoms in total. The first-order chi connectivity index (χ1) is 6.70. The first-order valence-electron chi connectivity index (χ1n) is 4.67. The second kappa shape index (κ2) is 2.78. The predicted molar refractivity (Wildman–Crippen MR) is 55.9 cm³/mol. The van der Waals surface area contributed by atoms with E-state index >= 15 is 0 Å². The van der Waals surface area contributed by atoms with E-state index in [4.69, 9.17) is 4.74 Å². The molecule has 0 bridgehead atoms. The van der Waals surface area contributed by atoms with E-state index in [1.54, 1.807) is 0 Å². The van der Waals surface area contributed by atoms with Crippen LogP contribution in [0.25, 0.3) is 0 Å². The predicted octanol–water partition coefficient (Wildman–Crippen LogP) is 1.52. The van der Waals surface area contributed by atoms with Crippen LogP contribution >= 0.6 is 15.9 Å². The molecule has 14 heavy (non-hydrogen) atoms. The number of hydrogen-bond acceptors (Lipinski definition) is 3. The summed E-state index contributed by atoms with van der Waals surface area (Å²) in [7, 11) is 2.11. The molecule has 0 radical (unpaired) electrons. The zero-order chi connectivity index (χ0) is 9.76. The maximum Gasteiger partial charge on any atom is 0.119 e. The largest absolute Gasteiger partial charge is 0.363 e. The molecule has 0 aromatic carbocycles. The summed E-state index contributed by atoms with van der Waals surface area (Å²) >= 11 is 3.40. The molecule has 2 aliphatic rings. The number of halogens is 1. The molecule has 1 aromatic heterocycles. The quantitative estimate of drug-likeness (QED) is 0.657. The normalized spacial score (nSPS) is 23.6. The van der Waals surface area contributed by atoms with Gasteiger partial charge in [-0.3, -0.25) is 4.90 Å². The summed E-state index contributed by atoms with van der Waals surface area (Å²) in [5, 5.41) is 0. The molecule has 1 saturated heterocycles. The number of nitrogens with zero attached hydrogens (tertiary/aromatic N) is 2. The van der Waals surface area contributed by atoms with Crippen molar-refractivity contribution in [3.63, 3.8) is 0 Å². The molecule has 1 spiro atoms. The van der Waals surface area contributed by atoms with Gasteiger partial charge >= 0.3 is 0 Å². The van der Waals surface area contributed by atoms with Crippen molar-refractivity contribution >= 4 is 15.9 Å². The lowest BCUT2D eigenvalue weighted by molar-refractivity contribution is -0.132. The van der Waals surface area contributed by atoms with Crippen molar-refractivity contribution in [2.45, 2.75) is 12.2 Å². The van der Waals surface area contributed by atoms with E-state index in [0.717, 1.165) is 17.7 Å². The molecule has 0 unspecified atom stereocenters. The summed E-state index contributed by atoms with van der Waals surface area (Å²) in [5.74, 6) is 0. The van der Waals surface area contributed by atoms with Gasteiger partial charge in [0.15, 0.2) is 0 Å². The van der Waals surface area contributed by atoms with Crippen molar-refractivity contribution in [3.05, 3.63) is 28.0 Å². The Morgan fingerprint density at radius 3 is 3.07 bits per heavy atom. The van der Waals surface area contributed by atoms with Crippen LogP contribution in [0.4, 0.5) is 0 Å². The number of likely N-dealkylation sites (tertiary alicyclic amines) is 1. The highest BCUT2D eigenvalue weighted by atomic mass is 79.9. The fourth-order valence-electron chi connectivity index (χ4n) is 2.38. The highest BCUT2D eigenvalue weighted by Crippen LogP contribution is 2.42. The molecule has 0 saturated carbocycles. The fraction of sp³-hybridized carbons (Fsp3) is 0.500. The molecule has 3 rings (SSSR count). The van der Waals surface area contributed by atoms with Crippen LogP contribution in [0, 0.1) is 0 Å². The summed E-state index contributed by atoms with van der Waals surface area (Å²) in [6.07, 6.45) is 1.91. The van der Waals surface area contributed by atoms with Gasteiger partial charge in [-0.05, 0) is 34.6 Å². The van der Waals surface area contributed by atoms with E-state index in [1.807, 2.05) is 6.20 Å². The SMILES string of the molecule is CN1CC2(C1)OCc1cnc(Br)cc12. The number of fused-ring (bicyclic) bond motifs is 2. The van der Waals surface area contributed by atoms with E-state index < -0.39 is 0 Å². The van der Waals surface area contributed by atoms with E-state index in [2.05, 4.69) is 38.9 Å². The van der Waals surface area contributed by atoms with Crippen LogP contribution in [0.15, 0.2) is 16.9 Å². The zero-order valence-electron chi connectivity index (χ0n) is 7.96. The van der Waals surface area contributed by atoms with Crippen LogP contribution in [-0.2, 0) is 16.9 Å². The highest BCUT2D eigenvalue weighted by molar-refractivity contribution is 9.10. The molecule has 3 heterocycles. The Labute approximate surface area is 91.2 Å². The number of aromatic nitrogens is 1. The van der Waals surface area contributed by atoms with Crippen LogP contribution in [0.1, 0.15) is 11.1 Å². The van der Waals surface area contributed by atoms with Gasteiger partial charge in [0.25, 0.3) is 0 Å². The number of pyridine rings is 1. The molecule has 0 atom stereocenters. The van der Waals surface area contributed by atoms with Gasteiger partial charge in [-0.1, -0.05) is 0 Å². The summed E-state index contributed by atoms with van der Waals surface area (Å²) in [6.45, 7) is 2.70. The number of hydrogen-bond donors (Lipinski definition) is 0. The standard InChI is InChI=1S/C10H11BrN2O/c1-13-5-10(6-13)8-2-9(11)12-3-7(8)4-14-10/h2-3H,4-6H2,1H3. The van der Waals surface area contributed by atoms with Crippen LogP contribution in [0.2, 0.25) is 0 Å². The minimum atomic E-state index is -0.0322.